The third-order valence-corrected chi connectivity index (χ3v) is 3.27. The molecule has 0 rings (SSSR count). The number of carbonyl (C=O) groups is 3. The number of esters is 3. The first-order valence-corrected chi connectivity index (χ1v) is 14.2. The van der Waals surface area contributed by atoms with Gasteiger partial charge in [-0.3, -0.25) is 14.4 Å². The fraction of sp³-hybridized carbons (Fsp3) is 0.857. The molecule has 0 aromatic carbocycles. The van der Waals surface area contributed by atoms with Crippen molar-refractivity contribution < 1.29 is 42.8 Å². The van der Waals surface area contributed by atoms with Gasteiger partial charge < -0.3 is 28.4 Å². The second-order valence-electron chi connectivity index (χ2n) is 6.22. The Balaban J connectivity index is -0.000000184. The van der Waals surface area contributed by atoms with E-state index in [1.165, 1.54) is 0 Å². The summed E-state index contributed by atoms with van der Waals surface area (Å²) in [4.78, 5) is 31.8. The molecule has 0 unspecified atom stereocenters. The van der Waals surface area contributed by atoms with Gasteiger partial charge in [0.2, 0.25) is 0 Å². The number of hydrogen-bond donors (Lipinski definition) is 3. The molecule has 0 heterocycles. The number of methoxy groups -OCH3 is 3. The summed E-state index contributed by atoms with van der Waals surface area (Å²) in [5.74, 6) is 0.954. The van der Waals surface area contributed by atoms with Gasteiger partial charge in [-0.15, -0.1) is 0 Å². The zero-order valence-electron chi connectivity index (χ0n) is 21.1. The maximum absolute atomic E-state index is 10.6. The normalized spacial score (nSPS) is 9.35. The van der Waals surface area contributed by atoms with Crippen LogP contribution in [0.3, 0.4) is 0 Å². The molecule has 9 nitrogen and oxygen atoms in total. The summed E-state index contributed by atoms with van der Waals surface area (Å²) in [6.07, 6.45) is 1.10. The van der Waals surface area contributed by atoms with Gasteiger partial charge in [-0.1, -0.05) is 0 Å². The van der Waals surface area contributed by atoms with Gasteiger partial charge in [-0.05, 0) is 0 Å². The number of hydrogen-bond acceptors (Lipinski definition) is 12. The third kappa shape index (κ3) is 53.5. The third-order valence-electron chi connectivity index (χ3n) is 2.60. The van der Waals surface area contributed by atoms with E-state index < -0.39 is 0 Å². The summed E-state index contributed by atoms with van der Waals surface area (Å²) < 4.78 is 29.1. The van der Waals surface area contributed by atoms with Gasteiger partial charge in [0.1, 0.15) is 19.8 Å². The average molecular weight is 654 g/mol. The van der Waals surface area contributed by atoms with Crippen molar-refractivity contribution in [1.82, 2.24) is 0 Å². The molecule has 0 N–H and O–H groups in total. The maximum atomic E-state index is 10.6. The SMILES string of the molecule is COCCOC(=O)CCS.COCCOC(=O)CCS.COCCOC(=O)CCS.C[CH](C)[Sn]. The average Bonchev–Trinajstić information content (AvgIpc) is 2.75. The van der Waals surface area contributed by atoms with E-state index in [-0.39, 0.29) is 17.9 Å². The van der Waals surface area contributed by atoms with Crippen molar-refractivity contribution in [3.8, 4) is 0 Å². The van der Waals surface area contributed by atoms with Crippen LogP contribution in [0.15, 0.2) is 0 Å². The molecule has 0 saturated heterocycles. The molecule has 0 aliphatic carbocycles. The first-order valence-electron chi connectivity index (χ1n) is 10.6. The van der Waals surface area contributed by atoms with Crippen molar-refractivity contribution in [2.24, 2.45) is 0 Å². The number of ether oxygens (including phenoxy) is 6. The Morgan fingerprint density at radius 2 is 0.794 bits per heavy atom. The Bertz CT molecular complexity index is 386. The van der Waals surface area contributed by atoms with E-state index >= 15 is 0 Å². The van der Waals surface area contributed by atoms with Crippen molar-refractivity contribution in [3.05, 3.63) is 0 Å². The molecular formula is C21H43O9S3Sn. The molecule has 0 aliphatic heterocycles. The summed E-state index contributed by atoms with van der Waals surface area (Å²) in [6.45, 7) is 6.79. The van der Waals surface area contributed by atoms with Crippen LogP contribution in [-0.4, -0.2) is 119 Å². The molecule has 0 atom stereocenters. The van der Waals surface area contributed by atoms with Gasteiger partial charge in [0.25, 0.3) is 0 Å². The molecule has 0 saturated carbocycles. The molecule has 0 aromatic heterocycles. The predicted molar refractivity (Wildman–Crippen MR) is 145 cm³/mol. The first-order chi connectivity index (χ1) is 16.2. The van der Waals surface area contributed by atoms with Crippen LogP contribution in [0.25, 0.3) is 0 Å². The van der Waals surface area contributed by atoms with Crippen LogP contribution in [-0.2, 0) is 42.8 Å². The van der Waals surface area contributed by atoms with E-state index in [0.29, 0.717) is 76.2 Å². The van der Waals surface area contributed by atoms with Crippen LogP contribution < -0.4 is 0 Å². The fourth-order valence-corrected chi connectivity index (χ4v) is 1.75. The number of thiol groups is 3. The number of carbonyl (C=O) groups excluding carboxylic acids is 3. The van der Waals surface area contributed by atoms with Gasteiger partial charge >= 0.3 is 58.2 Å². The quantitative estimate of drug-likeness (QED) is 0.0808. The predicted octanol–water partition coefficient (Wildman–Crippen LogP) is 2.47. The van der Waals surface area contributed by atoms with E-state index in [4.69, 9.17) is 14.2 Å². The molecule has 0 aliphatic rings. The van der Waals surface area contributed by atoms with Crippen LogP contribution in [0.1, 0.15) is 33.1 Å². The second-order valence-corrected chi connectivity index (χ2v) is 10.9. The van der Waals surface area contributed by atoms with E-state index in [1.54, 1.807) is 43.9 Å². The van der Waals surface area contributed by atoms with Crippen molar-refractivity contribution >= 4 is 78.3 Å². The van der Waals surface area contributed by atoms with Crippen LogP contribution in [0.4, 0.5) is 0 Å². The van der Waals surface area contributed by atoms with Crippen LogP contribution in [0.5, 0.6) is 0 Å². The molecule has 3 radical (unpaired) electrons. The van der Waals surface area contributed by atoms with Gasteiger partial charge in [0, 0.05) is 38.6 Å². The van der Waals surface area contributed by atoms with E-state index in [1.807, 2.05) is 0 Å². The summed E-state index contributed by atoms with van der Waals surface area (Å²) in [6, 6.07) is 0. The van der Waals surface area contributed by atoms with Crippen LogP contribution in [0.2, 0.25) is 3.93 Å². The van der Waals surface area contributed by atoms with E-state index in [2.05, 4.69) is 65.9 Å². The second kappa shape index (κ2) is 37.7. The summed E-state index contributed by atoms with van der Waals surface area (Å²) in [5.41, 5.74) is 0. The summed E-state index contributed by atoms with van der Waals surface area (Å²) in [7, 11) is 4.69. The van der Waals surface area contributed by atoms with E-state index in [9.17, 15) is 14.4 Å². The Kier molecular flexibility index (Phi) is 45.7. The summed E-state index contributed by atoms with van der Waals surface area (Å²) in [5, 5.41) is 0. The van der Waals surface area contributed by atoms with Crippen molar-refractivity contribution in [2.45, 2.75) is 37.0 Å². The van der Waals surface area contributed by atoms with Crippen molar-refractivity contribution in [1.29, 1.82) is 0 Å². The van der Waals surface area contributed by atoms with Gasteiger partial charge in [-0.2, -0.15) is 37.9 Å². The molecule has 13 heteroatoms. The minimum absolute atomic E-state index is 0.216. The zero-order valence-corrected chi connectivity index (χ0v) is 26.6. The minimum atomic E-state index is -0.216. The zero-order chi connectivity index (χ0) is 27.0. The van der Waals surface area contributed by atoms with Crippen molar-refractivity contribution in [3.63, 3.8) is 0 Å². The standard InChI is InChI=1S/3C6H12O3S.C3H7.Sn/c3*1-8-3-4-9-6(7)2-5-10;1-3-2;/h3*10H,2-5H2,1H3;3H,1-2H3;. The van der Waals surface area contributed by atoms with E-state index in [0.717, 1.165) is 3.93 Å². The Hall–Kier alpha value is 0.139. The Morgan fingerprint density at radius 3 is 0.941 bits per heavy atom. The molecule has 0 bridgehead atoms. The van der Waals surface area contributed by atoms with Gasteiger partial charge in [0.05, 0.1) is 39.1 Å². The number of rotatable bonds is 15. The molecule has 34 heavy (non-hydrogen) atoms. The molecule has 0 fully saturated rings. The molecular weight excluding hydrogens is 611 g/mol. The van der Waals surface area contributed by atoms with Crippen LogP contribution in [0, 0.1) is 0 Å². The van der Waals surface area contributed by atoms with Crippen LogP contribution >= 0.6 is 37.9 Å². The van der Waals surface area contributed by atoms with Gasteiger partial charge in [-0.25, -0.2) is 0 Å². The first kappa shape index (κ1) is 41.3. The fourth-order valence-electron chi connectivity index (χ4n) is 1.21. The monoisotopic (exact) mass is 655 g/mol. The summed E-state index contributed by atoms with van der Waals surface area (Å²) >= 11 is 13.3. The molecule has 0 aromatic rings. The Labute approximate surface area is 235 Å². The van der Waals surface area contributed by atoms with Gasteiger partial charge in [0.15, 0.2) is 0 Å². The Morgan fingerprint density at radius 1 is 0.588 bits per heavy atom. The van der Waals surface area contributed by atoms with Crippen molar-refractivity contribution in [2.75, 3.05) is 78.2 Å². The molecule has 0 spiro atoms. The molecule has 203 valence electrons. The molecule has 0 amide bonds. The topological polar surface area (TPSA) is 107 Å².